The number of ether oxygens (including phenoxy) is 1. The van der Waals surface area contributed by atoms with Crippen LogP contribution in [0.1, 0.15) is 65.7 Å². The molecule has 1 aliphatic carbocycles. The van der Waals surface area contributed by atoms with Gasteiger partial charge in [0.1, 0.15) is 5.75 Å². The number of rotatable bonds is 4. The zero-order chi connectivity index (χ0) is 16.2. The molecule has 0 spiro atoms. The van der Waals surface area contributed by atoms with Gasteiger partial charge in [-0.2, -0.15) is 0 Å². The second-order valence-electron chi connectivity index (χ2n) is 6.45. The summed E-state index contributed by atoms with van der Waals surface area (Å²) in [5, 5.41) is 0. The van der Waals surface area contributed by atoms with E-state index in [1.165, 1.54) is 12.8 Å². The summed E-state index contributed by atoms with van der Waals surface area (Å²) in [5.41, 5.74) is 6.14. The summed E-state index contributed by atoms with van der Waals surface area (Å²) < 4.78 is 5.91. The summed E-state index contributed by atoms with van der Waals surface area (Å²) >= 11 is 0. The molecule has 2 fully saturated rings. The van der Waals surface area contributed by atoms with Gasteiger partial charge in [-0.25, -0.2) is 0 Å². The molecular weight excluding hydrogens is 292 g/mol. The van der Waals surface area contributed by atoms with Crippen LogP contribution in [0.15, 0.2) is 18.2 Å². The molecule has 5 heteroatoms. The van der Waals surface area contributed by atoms with Crippen molar-refractivity contribution in [2.24, 2.45) is 5.73 Å². The van der Waals surface area contributed by atoms with Gasteiger partial charge in [0.15, 0.2) is 0 Å². The molecule has 1 aromatic carbocycles. The predicted molar refractivity (Wildman–Crippen MR) is 87.6 cm³/mol. The number of primary amides is 1. The van der Waals surface area contributed by atoms with Crippen molar-refractivity contribution in [3.8, 4) is 5.75 Å². The fraction of sp³-hybridized carbons (Fsp3) is 0.556. The fourth-order valence-corrected chi connectivity index (χ4v) is 3.45. The lowest BCUT2D eigenvalue weighted by atomic mass is 10.0. The van der Waals surface area contributed by atoms with Gasteiger partial charge in [0.25, 0.3) is 5.91 Å². The van der Waals surface area contributed by atoms with Crippen LogP contribution in [0.5, 0.6) is 5.75 Å². The summed E-state index contributed by atoms with van der Waals surface area (Å²) in [7, 11) is 0. The molecule has 23 heavy (non-hydrogen) atoms. The standard InChI is InChI=1S/C18H24N2O3/c19-17(21)16-12-14(23-13-6-2-3-7-13)8-9-15(16)18(22)20-10-4-1-5-11-20/h8-9,12-13H,1-7,10-11H2,(H2,19,21). The zero-order valence-electron chi connectivity index (χ0n) is 13.4. The molecule has 2 aliphatic rings. The van der Waals surface area contributed by atoms with Crippen LogP contribution >= 0.6 is 0 Å². The van der Waals surface area contributed by atoms with Gasteiger partial charge in [-0.3, -0.25) is 9.59 Å². The van der Waals surface area contributed by atoms with Gasteiger partial charge in [-0.15, -0.1) is 0 Å². The van der Waals surface area contributed by atoms with E-state index in [-0.39, 0.29) is 17.6 Å². The second-order valence-corrected chi connectivity index (χ2v) is 6.45. The maximum Gasteiger partial charge on any atom is 0.254 e. The fourth-order valence-electron chi connectivity index (χ4n) is 3.45. The Balaban J connectivity index is 1.81. The van der Waals surface area contributed by atoms with Crippen molar-refractivity contribution in [3.63, 3.8) is 0 Å². The minimum Gasteiger partial charge on any atom is -0.490 e. The van der Waals surface area contributed by atoms with E-state index in [4.69, 9.17) is 10.5 Å². The van der Waals surface area contributed by atoms with Gasteiger partial charge >= 0.3 is 0 Å². The van der Waals surface area contributed by atoms with Crippen LogP contribution in [0.3, 0.4) is 0 Å². The average molecular weight is 316 g/mol. The molecule has 2 amide bonds. The van der Waals surface area contributed by atoms with Gasteiger partial charge in [-0.05, 0) is 63.1 Å². The van der Waals surface area contributed by atoms with Crippen molar-refractivity contribution in [2.75, 3.05) is 13.1 Å². The second kappa shape index (κ2) is 7.02. The Hall–Kier alpha value is -2.04. The van der Waals surface area contributed by atoms with E-state index in [0.29, 0.717) is 11.3 Å². The first-order chi connectivity index (χ1) is 11.1. The highest BCUT2D eigenvalue weighted by Crippen LogP contribution is 2.26. The molecular formula is C18H24N2O3. The largest absolute Gasteiger partial charge is 0.490 e. The van der Waals surface area contributed by atoms with Crippen LogP contribution in [0, 0.1) is 0 Å². The van der Waals surface area contributed by atoms with Crippen LogP contribution in [0.4, 0.5) is 0 Å². The van der Waals surface area contributed by atoms with Crippen molar-refractivity contribution in [1.82, 2.24) is 4.90 Å². The molecule has 0 bridgehead atoms. The third-order valence-electron chi connectivity index (χ3n) is 4.74. The number of hydrogen-bond donors (Lipinski definition) is 1. The molecule has 0 unspecified atom stereocenters. The molecule has 5 nitrogen and oxygen atoms in total. The Morgan fingerprint density at radius 3 is 2.35 bits per heavy atom. The van der Waals surface area contributed by atoms with E-state index in [0.717, 1.165) is 45.2 Å². The Morgan fingerprint density at radius 1 is 1.00 bits per heavy atom. The van der Waals surface area contributed by atoms with Gasteiger partial charge in [0, 0.05) is 13.1 Å². The molecule has 124 valence electrons. The Bertz CT molecular complexity index is 588. The first-order valence-corrected chi connectivity index (χ1v) is 8.55. The quantitative estimate of drug-likeness (QED) is 0.928. The van der Waals surface area contributed by atoms with E-state index in [9.17, 15) is 9.59 Å². The number of nitrogens with two attached hydrogens (primary N) is 1. The first kappa shape index (κ1) is 15.8. The van der Waals surface area contributed by atoms with E-state index < -0.39 is 5.91 Å². The van der Waals surface area contributed by atoms with Crippen molar-refractivity contribution in [1.29, 1.82) is 0 Å². The van der Waals surface area contributed by atoms with Crippen LogP contribution < -0.4 is 10.5 Å². The van der Waals surface area contributed by atoms with Gasteiger partial charge < -0.3 is 15.4 Å². The predicted octanol–water partition coefficient (Wildman–Crippen LogP) is 2.73. The Morgan fingerprint density at radius 2 is 1.70 bits per heavy atom. The maximum absolute atomic E-state index is 12.7. The number of nitrogens with zero attached hydrogens (tertiary/aromatic N) is 1. The minimum atomic E-state index is -0.581. The third-order valence-corrected chi connectivity index (χ3v) is 4.74. The van der Waals surface area contributed by atoms with Crippen molar-refractivity contribution < 1.29 is 14.3 Å². The Labute approximate surface area is 136 Å². The molecule has 1 heterocycles. The summed E-state index contributed by atoms with van der Waals surface area (Å²) in [6.45, 7) is 1.49. The van der Waals surface area contributed by atoms with Crippen LogP contribution in [0.25, 0.3) is 0 Å². The molecule has 0 aromatic heterocycles. The zero-order valence-corrected chi connectivity index (χ0v) is 13.4. The molecule has 1 saturated carbocycles. The summed E-state index contributed by atoms with van der Waals surface area (Å²) in [6.07, 6.45) is 7.83. The van der Waals surface area contributed by atoms with Crippen molar-refractivity contribution in [3.05, 3.63) is 29.3 Å². The number of carbonyl (C=O) groups excluding carboxylic acids is 2. The lowest BCUT2D eigenvalue weighted by molar-refractivity contribution is 0.0719. The molecule has 3 rings (SSSR count). The lowest BCUT2D eigenvalue weighted by Crippen LogP contribution is -2.36. The van der Waals surface area contributed by atoms with E-state index in [2.05, 4.69) is 0 Å². The number of piperidine rings is 1. The van der Waals surface area contributed by atoms with Gasteiger partial charge in [0.05, 0.1) is 17.2 Å². The number of carbonyl (C=O) groups is 2. The highest BCUT2D eigenvalue weighted by Gasteiger charge is 2.24. The molecule has 0 atom stereocenters. The van der Waals surface area contributed by atoms with E-state index in [1.807, 2.05) is 4.90 Å². The van der Waals surface area contributed by atoms with Crippen molar-refractivity contribution in [2.45, 2.75) is 51.0 Å². The average Bonchev–Trinajstić information content (AvgIpc) is 3.08. The molecule has 1 aromatic rings. The number of amides is 2. The SMILES string of the molecule is NC(=O)c1cc(OC2CCCC2)ccc1C(=O)N1CCCCC1. The lowest BCUT2D eigenvalue weighted by Gasteiger charge is -2.27. The van der Waals surface area contributed by atoms with E-state index in [1.54, 1.807) is 18.2 Å². The first-order valence-electron chi connectivity index (χ1n) is 8.55. The molecule has 1 saturated heterocycles. The highest BCUT2D eigenvalue weighted by atomic mass is 16.5. The topological polar surface area (TPSA) is 72.6 Å². The maximum atomic E-state index is 12.7. The summed E-state index contributed by atoms with van der Waals surface area (Å²) in [4.78, 5) is 26.3. The van der Waals surface area contributed by atoms with Crippen LogP contribution in [-0.2, 0) is 0 Å². The van der Waals surface area contributed by atoms with E-state index >= 15 is 0 Å². The number of hydrogen-bond acceptors (Lipinski definition) is 3. The van der Waals surface area contributed by atoms with Crippen LogP contribution in [-0.4, -0.2) is 35.9 Å². The highest BCUT2D eigenvalue weighted by molar-refractivity contribution is 6.07. The van der Waals surface area contributed by atoms with Gasteiger partial charge in [-0.1, -0.05) is 0 Å². The normalized spacial score (nSPS) is 18.9. The molecule has 0 radical (unpaired) electrons. The number of benzene rings is 1. The molecule has 2 N–H and O–H groups in total. The smallest absolute Gasteiger partial charge is 0.254 e. The third kappa shape index (κ3) is 3.66. The Kier molecular flexibility index (Phi) is 4.84. The summed E-state index contributed by atoms with van der Waals surface area (Å²) in [5.74, 6) is -0.0611. The molecule has 1 aliphatic heterocycles. The number of likely N-dealkylation sites (tertiary alicyclic amines) is 1. The van der Waals surface area contributed by atoms with Gasteiger partial charge in [0.2, 0.25) is 5.91 Å². The van der Waals surface area contributed by atoms with Crippen molar-refractivity contribution >= 4 is 11.8 Å². The monoisotopic (exact) mass is 316 g/mol. The minimum absolute atomic E-state index is 0.106. The summed E-state index contributed by atoms with van der Waals surface area (Å²) in [6, 6.07) is 5.08. The van der Waals surface area contributed by atoms with Crippen LogP contribution in [0.2, 0.25) is 0 Å².